The molecule has 0 saturated heterocycles. The van der Waals surface area contributed by atoms with Crippen molar-refractivity contribution in [2.45, 2.75) is 26.2 Å². The van der Waals surface area contributed by atoms with E-state index in [1.54, 1.807) is 0 Å². The summed E-state index contributed by atoms with van der Waals surface area (Å²) in [7, 11) is 0. The summed E-state index contributed by atoms with van der Waals surface area (Å²) < 4.78 is 0. The fraction of sp³-hybridized carbons (Fsp3) is 0.545. The number of hydrogen-bond acceptors (Lipinski definition) is 2. The Kier molecular flexibility index (Phi) is 3.90. The second kappa shape index (κ2) is 4.97. The highest BCUT2D eigenvalue weighted by Gasteiger charge is 2.10. The van der Waals surface area contributed by atoms with Crippen molar-refractivity contribution in [2.75, 3.05) is 6.54 Å². The van der Waals surface area contributed by atoms with Gasteiger partial charge in [-0.2, -0.15) is 0 Å². The SMILES string of the molecule is CC(C)C[C@@H](CN)c1ccncc1. The molecule has 1 atom stereocenters. The minimum atomic E-state index is 0.489. The predicted molar refractivity (Wildman–Crippen MR) is 55.5 cm³/mol. The third kappa shape index (κ3) is 3.15. The van der Waals surface area contributed by atoms with Crippen molar-refractivity contribution >= 4 is 0 Å². The average Bonchev–Trinajstić information content (AvgIpc) is 2.15. The van der Waals surface area contributed by atoms with Gasteiger partial charge in [0.15, 0.2) is 0 Å². The summed E-state index contributed by atoms with van der Waals surface area (Å²) in [5.41, 5.74) is 7.04. The van der Waals surface area contributed by atoms with E-state index in [4.69, 9.17) is 5.73 Å². The lowest BCUT2D eigenvalue weighted by Crippen LogP contribution is -2.14. The molecule has 0 fully saturated rings. The normalized spacial score (nSPS) is 13.2. The van der Waals surface area contributed by atoms with E-state index in [9.17, 15) is 0 Å². The van der Waals surface area contributed by atoms with Gasteiger partial charge in [0.1, 0.15) is 0 Å². The van der Waals surface area contributed by atoms with E-state index >= 15 is 0 Å². The van der Waals surface area contributed by atoms with Crippen molar-refractivity contribution in [2.24, 2.45) is 11.7 Å². The molecule has 1 aromatic rings. The molecule has 0 spiro atoms. The van der Waals surface area contributed by atoms with Crippen molar-refractivity contribution in [1.82, 2.24) is 4.98 Å². The van der Waals surface area contributed by atoms with Gasteiger partial charge in [0.25, 0.3) is 0 Å². The molecule has 0 bridgehead atoms. The van der Waals surface area contributed by atoms with Crippen LogP contribution < -0.4 is 5.73 Å². The van der Waals surface area contributed by atoms with Crippen molar-refractivity contribution in [1.29, 1.82) is 0 Å². The Bertz CT molecular complexity index is 231. The lowest BCUT2D eigenvalue weighted by Gasteiger charge is -2.16. The number of hydrogen-bond donors (Lipinski definition) is 1. The number of pyridine rings is 1. The van der Waals surface area contributed by atoms with Crippen LogP contribution in [0.15, 0.2) is 24.5 Å². The van der Waals surface area contributed by atoms with E-state index in [0.717, 1.165) is 13.0 Å². The summed E-state index contributed by atoms with van der Waals surface area (Å²) in [4.78, 5) is 4.00. The smallest absolute Gasteiger partial charge is 0.0270 e. The molecule has 0 aliphatic carbocycles. The van der Waals surface area contributed by atoms with Gasteiger partial charge in [-0.25, -0.2) is 0 Å². The van der Waals surface area contributed by atoms with Crippen molar-refractivity contribution in [3.8, 4) is 0 Å². The number of aromatic nitrogens is 1. The highest BCUT2D eigenvalue weighted by molar-refractivity contribution is 5.16. The molecule has 2 nitrogen and oxygen atoms in total. The van der Waals surface area contributed by atoms with Crippen LogP contribution in [0.1, 0.15) is 31.7 Å². The first-order valence-electron chi connectivity index (χ1n) is 4.84. The first-order valence-corrected chi connectivity index (χ1v) is 4.84. The number of nitrogens with zero attached hydrogens (tertiary/aromatic N) is 1. The Morgan fingerprint density at radius 3 is 2.38 bits per heavy atom. The van der Waals surface area contributed by atoms with Crippen LogP contribution in [-0.2, 0) is 0 Å². The van der Waals surface area contributed by atoms with Gasteiger partial charge in [0, 0.05) is 12.4 Å². The Balaban J connectivity index is 2.67. The largest absolute Gasteiger partial charge is 0.330 e. The monoisotopic (exact) mass is 178 g/mol. The summed E-state index contributed by atoms with van der Waals surface area (Å²) in [5.74, 6) is 1.18. The molecule has 1 heterocycles. The van der Waals surface area contributed by atoms with Crippen LogP contribution in [0.3, 0.4) is 0 Å². The lowest BCUT2D eigenvalue weighted by atomic mass is 9.91. The molecule has 0 aliphatic heterocycles. The van der Waals surface area contributed by atoms with Gasteiger partial charge >= 0.3 is 0 Å². The van der Waals surface area contributed by atoms with Gasteiger partial charge in [-0.05, 0) is 42.5 Å². The second-order valence-corrected chi connectivity index (χ2v) is 3.84. The van der Waals surface area contributed by atoms with Crippen LogP contribution in [-0.4, -0.2) is 11.5 Å². The summed E-state index contributed by atoms with van der Waals surface area (Å²) >= 11 is 0. The van der Waals surface area contributed by atoms with Crippen LogP contribution in [0.4, 0.5) is 0 Å². The van der Waals surface area contributed by atoms with E-state index in [1.807, 2.05) is 12.4 Å². The predicted octanol–water partition coefficient (Wildman–Crippen LogP) is 2.17. The molecule has 1 rings (SSSR count). The Morgan fingerprint density at radius 1 is 1.31 bits per heavy atom. The Hall–Kier alpha value is -0.890. The van der Waals surface area contributed by atoms with E-state index < -0.39 is 0 Å². The zero-order valence-electron chi connectivity index (χ0n) is 8.40. The number of nitrogens with two attached hydrogens (primary N) is 1. The molecular formula is C11H18N2. The van der Waals surface area contributed by atoms with E-state index in [0.29, 0.717) is 11.8 Å². The topological polar surface area (TPSA) is 38.9 Å². The fourth-order valence-electron chi connectivity index (χ4n) is 1.57. The molecular weight excluding hydrogens is 160 g/mol. The van der Waals surface area contributed by atoms with Gasteiger partial charge in [-0.1, -0.05) is 13.8 Å². The highest BCUT2D eigenvalue weighted by Crippen LogP contribution is 2.21. The summed E-state index contributed by atoms with van der Waals surface area (Å²) in [6.45, 7) is 5.18. The molecule has 0 unspecified atom stereocenters. The van der Waals surface area contributed by atoms with Crippen LogP contribution in [0.5, 0.6) is 0 Å². The first kappa shape index (κ1) is 10.2. The maximum absolute atomic E-state index is 5.73. The molecule has 2 N–H and O–H groups in total. The van der Waals surface area contributed by atoms with Gasteiger partial charge in [-0.3, -0.25) is 4.98 Å². The summed E-state index contributed by atoms with van der Waals surface area (Å²) in [5, 5.41) is 0. The zero-order chi connectivity index (χ0) is 9.68. The molecule has 2 heteroatoms. The molecule has 13 heavy (non-hydrogen) atoms. The van der Waals surface area contributed by atoms with Gasteiger partial charge < -0.3 is 5.73 Å². The molecule has 0 aromatic carbocycles. The zero-order valence-corrected chi connectivity index (χ0v) is 8.40. The van der Waals surface area contributed by atoms with Gasteiger partial charge in [-0.15, -0.1) is 0 Å². The minimum Gasteiger partial charge on any atom is -0.330 e. The van der Waals surface area contributed by atoms with E-state index in [2.05, 4.69) is 31.0 Å². The third-order valence-electron chi connectivity index (χ3n) is 2.22. The van der Waals surface area contributed by atoms with Crippen LogP contribution in [0, 0.1) is 5.92 Å². The third-order valence-corrected chi connectivity index (χ3v) is 2.22. The van der Waals surface area contributed by atoms with Crippen LogP contribution >= 0.6 is 0 Å². The number of rotatable bonds is 4. The maximum atomic E-state index is 5.73. The van der Waals surface area contributed by atoms with E-state index in [-0.39, 0.29) is 0 Å². The molecule has 0 radical (unpaired) electrons. The van der Waals surface area contributed by atoms with E-state index in [1.165, 1.54) is 5.56 Å². The van der Waals surface area contributed by atoms with Crippen LogP contribution in [0.2, 0.25) is 0 Å². The average molecular weight is 178 g/mol. The van der Waals surface area contributed by atoms with Crippen molar-refractivity contribution < 1.29 is 0 Å². The maximum Gasteiger partial charge on any atom is 0.0270 e. The van der Waals surface area contributed by atoms with Crippen molar-refractivity contribution in [3.05, 3.63) is 30.1 Å². The highest BCUT2D eigenvalue weighted by atomic mass is 14.6. The second-order valence-electron chi connectivity index (χ2n) is 3.84. The lowest BCUT2D eigenvalue weighted by molar-refractivity contribution is 0.504. The molecule has 0 amide bonds. The van der Waals surface area contributed by atoms with Gasteiger partial charge in [0.2, 0.25) is 0 Å². The first-order chi connectivity index (χ1) is 6.24. The minimum absolute atomic E-state index is 0.489. The Labute approximate surface area is 80.2 Å². The molecule has 0 aliphatic rings. The molecule has 72 valence electrons. The quantitative estimate of drug-likeness (QED) is 0.767. The molecule has 0 saturated carbocycles. The fourth-order valence-corrected chi connectivity index (χ4v) is 1.57. The van der Waals surface area contributed by atoms with Crippen molar-refractivity contribution in [3.63, 3.8) is 0 Å². The summed E-state index contributed by atoms with van der Waals surface area (Å²) in [6.07, 6.45) is 4.82. The Morgan fingerprint density at radius 2 is 1.92 bits per heavy atom. The molecule has 1 aromatic heterocycles. The van der Waals surface area contributed by atoms with Crippen LogP contribution in [0.25, 0.3) is 0 Å². The van der Waals surface area contributed by atoms with Gasteiger partial charge in [0.05, 0.1) is 0 Å². The summed E-state index contributed by atoms with van der Waals surface area (Å²) in [6, 6.07) is 4.11. The standard InChI is InChI=1S/C11H18N2/c1-9(2)7-11(8-12)10-3-5-13-6-4-10/h3-6,9,11H,7-8,12H2,1-2H3/t11-/m0/s1.